The van der Waals surface area contributed by atoms with Crippen LogP contribution in [-0.4, -0.2) is 11.8 Å². The predicted molar refractivity (Wildman–Crippen MR) is 282 cm³/mol. The number of thiol groups is 1. The fourth-order valence-electron chi connectivity index (χ4n) is 11.1. The highest BCUT2D eigenvalue weighted by Crippen LogP contribution is 2.53. The summed E-state index contributed by atoms with van der Waals surface area (Å²) in [6, 6.07) is 52.4. The van der Waals surface area contributed by atoms with Gasteiger partial charge in [0.1, 0.15) is 11.2 Å². The topological polar surface area (TPSA) is 30.1 Å². The van der Waals surface area contributed by atoms with Crippen molar-refractivity contribution in [2.45, 2.75) is 83.5 Å². The molecule has 5 heteroatoms. The van der Waals surface area contributed by atoms with Crippen molar-refractivity contribution >= 4 is 86.0 Å². The molecule has 0 amide bonds. The summed E-state index contributed by atoms with van der Waals surface area (Å²) in [5, 5.41) is 8.75. The van der Waals surface area contributed by atoms with Crippen LogP contribution in [0.15, 0.2) is 149 Å². The van der Waals surface area contributed by atoms with E-state index in [1.165, 1.54) is 88.5 Å². The zero-order chi connectivity index (χ0) is 44.9. The Balaban J connectivity index is 1.14. The molecule has 0 atom stereocenters. The van der Waals surface area contributed by atoms with Crippen molar-refractivity contribution in [2.24, 2.45) is 0 Å². The highest BCUT2D eigenvalue weighted by atomic mass is 32.1. The molecule has 0 saturated heterocycles. The van der Waals surface area contributed by atoms with Crippen LogP contribution in [0.2, 0.25) is 0 Å². The molecule has 1 aliphatic carbocycles. The number of fused-ring (bicyclic) bond motifs is 11. The quantitative estimate of drug-likeness (QED) is 0.136. The lowest BCUT2D eigenvalue weighted by atomic mass is 9.59. The number of anilines is 2. The Morgan fingerprint density at radius 1 is 0.569 bits per heavy atom. The number of nitrogens with zero attached hydrogens (tertiary/aromatic N) is 1. The molecule has 0 spiro atoms. The first-order chi connectivity index (χ1) is 31.0. The van der Waals surface area contributed by atoms with Crippen LogP contribution in [0.1, 0.15) is 83.2 Å². The van der Waals surface area contributed by atoms with Gasteiger partial charge in [0.05, 0.1) is 5.52 Å². The van der Waals surface area contributed by atoms with Gasteiger partial charge < -0.3 is 14.3 Å². The molecule has 3 nitrogen and oxygen atoms in total. The zero-order valence-electron chi connectivity index (χ0n) is 38.8. The Labute approximate surface area is 388 Å². The number of hydrogen-bond donors (Lipinski definition) is 2. The van der Waals surface area contributed by atoms with E-state index < -0.39 is 0 Å². The van der Waals surface area contributed by atoms with Crippen molar-refractivity contribution in [3.05, 3.63) is 167 Å². The Kier molecular flexibility index (Phi) is 8.51. The summed E-state index contributed by atoms with van der Waals surface area (Å²) in [6.07, 6.45) is 0. The average molecular weight is 861 g/mol. The number of nitrogens with one attached hydrogen (secondary N) is 1. The van der Waals surface area contributed by atoms with Crippen LogP contribution >= 0.6 is 12.6 Å². The van der Waals surface area contributed by atoms with Crippen molar-refractivity contribution in [3.63, 3.8) is 0 Å². The van der Waals surface area contributed by atoms with Crippen molar-refractivity contribution in [1.82, 2.24) is 4.57 Å². The molecule has 0 radical (unpaired) electrons. The predicted octanol–water partition coefficient (Wildman–Crippen LogP) is 15.0. The van der Waals surface area contributed by atoms with E-state index >= 15 is 0 Å². The van der Waals surface area contributed by atoms with Gasteiger partial charge >= 0.3 is 0 Å². The number of hydrogen-bond acceptors (Lipinski definition) is 3. The molecule has 0 saturated carbocycles. The minimum Gasteiger partial charge on any atom is -0.456 e. The second-order valence-corrected chi connectivity index (χ2v) is 21.8. The number of furan rings is 1. The van der Waals surface area contributed by atoms with Crippen molar-refractivity contribution in [1.29, 1.82) is 0 Å². The molecule has 318 valence electrons. The van der Waals surface area contributed by atoms with Crippen LogP contribution < -0.4 is 16.2 Å². The maximum atomic E-state index is 6.58. The number of aromatic nitrogens is 1. The third-order valence-electron chi connectivity index (χ3n) is 14.8. The smallest absolute Gasteiger partial charge is 0.198 e. The molecule has 2 aromatic heterocycles. The molecular formula is C60H53BN2OS. The van der Waals surface area contributed by atoms with Crippen LogP contribution in [0.3, 0.4) is 0 Å². The summed E-state index contributed by atoms with van der Waals surface area (Å²) < 4.78 is 9.11. The molecule has 8 aromatic carbocycles. The number of para-hydroxylation sites is 1. The highest BCUT2D eigenvalue weighted by molar-refractivity contribution is 7.80. The van der Waals surface area contributed by atoms with Crippen LogP contribution in [0.25, 0.3) is 82.8 Å². The van der Waals surface area contributed by atoms with Crippen LogP contribution in [0.5, 0.6) is 0 Å². The Hall–Kier alpha value is -6.43. The highest BCUT2D eigenvalue weighted by Gasteiger charge is 2.38. The van der Waals surface area contributed by atoms with Gasteiger partial charge in [-0.25, -0.2) is 0 Å². The SMILES string of the molecule is Cc1ccccc1-c1cc2c3ccc(-c4cc5c(cc4Nc4ccc(C(C)(C)C)cc4)-c4ccc(C(C)(C)C)cc4C5(C)C)c4c3n(c2cc1S)-c1cc2c(cc1B4)oc1ccccc12. The van der Waals surface area contributed by atoms with Crippen molar-refractivity contribution in [2.75, 3.05) is 5.32 Å². The Bertz CT molecular complexity index is 3660. The molecule has 3 heterocycles. The Morgan fingerprint density at radius 3 is 2.05 bits per heavy atom. The molecule has 1 aliphatic heterocycles. The molecule has 1 N–H and O–H groups in total. The maximum Gasteiger partial charge on any atom is 0.198 e. The third-order valence-corrected chi connectivity index (χ3v) is 15.1. The van der Waals surface area contributed by atoms with E-state index in [1.807, 2.05) is 0 Å². The first kappa shape index (κ1) is 40.1. The summed E-state index contributed by atoms with van der Waals surface area (Å²) in [5.41, 5.74) is 24.2. The molecule has 65 heavy (non-hydrogen) atoms. The summed E-state index contributed by atoms with van der Waals surface area (Å²) in [7, 11) is 0.763. The van der Waals surface area contributed by atoms with Crippen LogP contribution in [-0.2, 0) is 16.2 Å². The van der Waals surface area contributed by atoms with Gasteiger partial charge in [-0.3, -0.25) is 0 Å². The fraction of sp³-hybridized carbons (Fsp3) is 0.200. The van der Waals surface area contributed by atoms with E-state index in [0.29, 0.717) is 0 Å². The van der Waals surface area contributed by atoms with Crippen molar-refractivity contribution < 1.29 is 4.42 Å². The zero-order valence-corrected chi connectivity index (χ0v) is 39.7. The summed E-state index contributed by atoms with van der Waals surface area (Å²) in [4.78, 5) is 0.966. The first-order valence-electron chi connectivity index (χ1n) is 23.1. The van der Waals surface area contributed by atoms with E-state index in [1.54, 1.807) is 0 Å². The summed E-state index contributed by atoms with van der Waals surface area (Å²) in [5.74, 6) is 0. The lowest BCUT2D eigenvalue weighted by Crippen LogP contribution is -2.37. The van der Waals surface area contributed by atoms with Gasteiger partial charge in [-0.1, -0.05) is 146 Å². The number of benzene rings is 8. The summed E-state index contributed by atoms with van der Waals surface area (Å²) >= 11 is 5.23. The van der Waals surface area contributed by atoms with E-state index in [9.17, 15) is 0 Å². The normalized spacial score (nSPS) is 13.9. The monoisotopic (exact) mass is 860 g/mol. The van der Waals surface area contributed by atoms with Crippen LogP contribution in [0, 0.1) is 6.92 Å². The van der Waals surface area contributed by atoms with Crippen molar-refractivity contribution in [3.8, 4) is 39.1 Å². The van der Waals surface area contributed by atoms with Gasteiger partial charge in [-0.05, 0) is 133 Å². The molecular weight excluding hydrogens is 808 g/mol. The van der Waals surface area contributed by atoms with Gasteiger partial charge in [-0.2, -0.15) is 0 Å². The third kappa shape index (κ3) is 6.04. The average Bonchev–Trinajstić information content (AvgIpc) is 3.87. The van der Waals surface area contributed by atoms with Gasteiger partial charge in [0, 0.05) is 60.0 Å². The first-order valence-corrected chi connectivity index (χ1v) is 23.5. The second kappa shape index (κ2) is 13.8. The second-order valence-electron chi connectivity index (χ2n) is 21.3. The van der Waals surface area contributed by atoms with E-state index in [2.05, 4.69) is 212 Å². The molecule has 2 aliphatic rings. The molecule has 12 rings (SSSR count). The largest absolute Gasteiger partial charge is 0.456 e. The fourth-order valence-corrected chi connectivity index (χ4v) is 11.4. The lowest BCUT2D eigenvalue weighted by molar-refractivity contribution is 0.584. The number of aryl methyl sites for hydroxylation is 1. The maximum absolute atomic E-state index is 6.58. The molecule has 0 bridgehead atoms. The lowest BCUT2D eigenvalue weighted by Gasteiger charge is -2.27. The minimum atomic E-state index is -0.196. The van der Waals surface area contributed by atoms with Crippen LogP contribution in [0.4, 0.5) is 11.4 Å². The number of rotatable bonds is 4. The standard InChI is InChI=1S/C60H53BN2OS/c1-33-14-10-11-15-37(33)46-27-44-41-25-24-40(56-57(41)63(51(44)32-55(46)65)52-30-45-39-16-12-13-17-53(39)64-54(45)31-49(52)61-56)43-28-48-42(29-50(43)62-36-21-18-34(19-22-36)58(2,3)4)38-23-20-35(59(5,6)7)26-47(38)60(48,8)9/h10-32,61-62,65H,1-9H3. The molecule has 0 unspecified atom stereocenters. The van der Waals surface area contributed by atoms with Gasteiger partial charge in [0.15, 0.2) is 7.28 Å². The van der Waals surface area contributed by atoms with Gasteiger partial charge in [-0.15, -0.1) is 12.6 Å². The molecule has 10 aromatic rings. The van der Waals surface area contributed by atoms with E-state index in [0.717, 1.165) is 56.6 Å². The minimum absolute atomic E-state index is 0.0478. The van der Waals surface area contributed by atoms with Gasteiger partial charge in [0.2, 0.25) is 0 Å². The van der Waals surface area contributed by atoms with E-state index in [4.69, 9.17) is 17.0 Å². The summed E-state index contributed by atoms with van der Waals surface area (Å²) in [6.45, 7) is 20.8. The Morgan fingerprint density at radius 2 is 1.28 bits per heavy atom. The van der Waals surface area contributed by atoms with Gasteiger partial charge in [0.25, 0.3) is 0 Å². The van der Waals surface area contributed by atoms with E-state index in [-0.39, 0.29) is 16.2 Å². The molecule has 0 fully saturated rings.